The molecule has 29 heavy (non-hydrogen) atoms. The second kappa shape index (κ2) is 9.21. The van der Waals surface area contributed by atoms with E-state index in [1.54, 1.807) is 30.3 Å². The van der Waals surface area contributed by atoms with Gasteiger partial charge in [-0.1, -0.05) is 48.5 Å². The van der Waals surface area contributed by atoms with Crippen molar-refractivity contribution in [2.75, 3.05) is 19.8 Å². The molecular formula is C23H23NO5. The van der Waals surface area contributed by atoms with Crippen LogP contribution in [0.3, 0.4) is 0 Å². The third kappa shape index (κ3) is 4.38. The zero-order valence-corrected chi connectivity index (χ0v) is 16.1. The molecule has 0 radical (unpaired) electrons. The van der Waals surface area contributed by atoms with Gasteiger partial charge in [0.1, 0.15) is 5.75 Å². The number of β-amino-alcohol motifs (C(OH)–C–C–N with tert-alkyl or cyclic N) is 1. The number of rotatable bonds is 8. The molecule has 0 saturated heterocycles. The van der Waals surface area contributed by atoms with Crippen LogP contribution in [-0.2, 0) is 9.59 Å². The first-order valence-corrected chi connectivity index (χ1v) is 9.42. The van der Waals surface area contributed by atoms with E-state index in [9.17, 15) is 19.8 Å². The quantitative estimate of drug-likeness (QED) is 0.673. The number of hydrogen-bond donors (Lipinski definition) is 2. The van der Waals surface area contributed by atoms with Crippen LogP contribution >= 0.6 is 0 Å². The van der Waals surface area contributed by atoms with Gasteiger partial charge in [0.2, 0.25) is 0 Å². The third-order valence-electron chi connectivity index (χ3n) is 4.64. The Morgan fingerprint density at radius 3 is 2.45 bits per heavy atom. The topological polar surface area (TPSA) is 87.1 Å². The fourth-order valence-corrected chi connectivity index (χ4v) is 3.33. The van der Waals surface area contributed by atoms with E-state index in [0.717, 1.165) is 5.56 Å². The zero-order valence-electron chi connectivity index (χ0n) is 16.1. The molecule has 0 bridgehead atoms. The molecule has 1 unspecified atom stereocenters. The van der Waals surface area contributed by atoms with Crippen LogP contribution in [0.4, 0.5) is 0 Å². The molecule has 0 aromatic heterocycles. The lowest BCUT2D eigenvalue weighted by Gasteiger charge is -2.26. The molecule has 2 N–H and O–H groups in total. The number of amides is 1. The molecular weight excluding hydrogens is 370 g/mol. The van der Waals surface area contributed by atoms with Crippen molar-refractivity contribution in [3.8, 4) is 5.75 Å². The zero-order chi connectivity index (χ0) is 20.8. The van der Waals surface area contributed by atoms with Crippen molar-refractivity contribution in [1.82, 2.24) is 4.90 Å². The Morgan fingerprint density at radius 1 is 1.14 bits per heavy atom. The maximum atomic E-state index is 12.9. The normalized spacial score (nSPS) is 16.7. The van der Waals surface area contributed by atoms with Gasteiger partial charge in [0.15, 0.2) is 11.5 Å². The van der Waals surface area contributed by atoms with Crippen LogP contribution in [-0.4, -0.2) is 46.6 Å². The van der Waals surface area contributed by atoms with Gasteiger partial charge in [-0.15, -0.1) is 0 Å². The van der Waals surface area contributed by atoms with Crippen molar-refractivity contribution >= 4 is 17.8 Å². The summed E-state index contributed by atoms with van der Waals surface area (Å²) in [4.78, 5) is 26.8. The van der Waals surface area contributed by atoms with Crippen LogP contribution in [0.15, 0.2) is 72.0 Å². The molecule has 1 aliphatic heterocycles. The van der Waals surface area contributed by atoms with Crippen LogP contribution in [0.1, 0.15) is 24.1 Å². The molecule has 1 heterocycles. The molecule has 6 heteroatoms. The summed E-state index contributed by atoms with van der Waals surface area (Å²) in [6, 6.07) is 15.5. The van der Waals surface area contributed by atoms with Crippen molar-refractivity contribution < 1.29 is 24.5 Å². The predicted octanol–water partition coefficient (Wildman–Crippen LogP) is 3.06. The number of aliphatic hydroxyl groups is 2. The molecule has 0 aliphatic carbocycles. The van der Waals surface area contributed by atoms with Crippen LogP contribution in [0.5, 0.6) is 5.75 Å². The molecule has 0 spiro atoms. The van der Waals surface area contributed by atoms with E-state index in [0.29, 0.717) is 17.9 Å². The lowest BCUT2D eigenvalue weighted by molar-refractivity contribution is -0.129. The van der Waals surface area contributed by atoms with Crippen LogP contribution < -0.4 is 4.74 Å². The van der Waals surface area contributed by atoms with Gasteiger partial charge in [-0.2, -0.15) is 0 Å². The first kappa shape index (κ1) is 20.4. The highest BCUT2D eigenvalue weighted by Crippen LogP contribution is 2.38. The van der Waals surface area contributed by atoms with Gasteiger partial charge >= 0.3 is 0 Å². The lowest BCUT2D eigenvalue weighted by Crippen LogP contribution is -2.33. The number of nitrogens with zero attached hydrogens (tertiary/aromatic N) is 1. The number of hydrogen-bond acceptors (Lipinski definition) is 5. The SMILES string of the molecule is CCOc1ccc(C2C(C(=O)/C=C/c3ccccc3)=C(O)C(=O)N2CCO)cc1. The largest absolute Gasteiger partial charge is 0.503 e. The van der Waals surface area contributed by atoms with Crippen molar-refractivity contribution in [1.29, 1.82) is 0 Å². The van der Waals surface area contributed by atoms with Crippen LogP contribution in [0.2, 0.25) is 0 Å². The number of benzene rings is 2. The van der Waals surface area contributed by atoms with Crippen LogP contribution in [0, 0.1) is 0 Å². The molecule has 2 aromatic rings. The number of carbonyl (C=O) groups excluding carboxylic acids is 2. The van der Waals surface area contributed by atoms with Gasteiger partial charge in [-0.25, -0.2) is 0 Å². The summed E-state index contributed by atoms with van der Waals surface area (Å²) in [6.45, 7) is 2.11. The molecule has 150 valence electrons. The summed E-state index contributed by atoms with van der Waals surface area (Å²) in [5.74, 6) is -1.05. The molecule has 0 fully saturated rings. The second-order valence-corrected chi connectivity index (χ2v) is 6.50. The van der Waals surface area contributed by atoms with Crippen molar-refractivity contribution in [2.24, 2.45) is 0 Å². The highest BCUT2D eigenvalue weighted by atomic mass is 16.5. The number of ketones is 1. The summed E-state index contributed by atoms with van der Waals surface area (Å²) in [6.07, 6.45) is 2.98. The van der Waals surface area contributed by atoms with Crippen LogP contribution in [0.25, 0.3) is 6.08 Å². The Morgan fingerprint density at radius 2 is 1.83 bits per heavy atom. The monoisotopic (exact) mass is 393 g/mol. The first-order chi connectivity index (χ1) is 14.1. The maximum absolute atomic E-state index is 12.9. The highest BCUT2D eigenvalue weighted by Gasteiger charge is 2.42. The number of ether oxygens (including phenoxy) is 1. The van der Waals surface area contributed by atoms with E-state index in [-0.39, 0.29) is 18.7 Å². The predicted molar refractivity (Wildman–Crippen MR) is 109 cm³/mol. The third-order valence-corrected chi connectivity index (χ3v) is 4.64. The number of carbonyl (C=O) groups is 2. The average Bonchev–Trinajstić information content (AvgIpc) is 2.99. The summed E-state index contributed by atoms with van der Waals surface area (Å²) >= 11 is 0. The van der Waals surface area contributed by atoms with E-state index < -0.39 is 23.5 Å². The van der Waals surface area contributed by atoms with E-state index in [1.165, 1.54) is 11.0 Å². The van der Waals surface area contributed by atoms with Gasteiger partial charge in [0.25, 0.3) is 5.91 Å². The standard InChI is InChI=1S/C23H23NO5/c1-2-29-18-11-9-17(10-12-18)21-20(22(27)23(28)24(21)14-15-25)19(26)13-8-16-6-4-3-5-7-16/h3-13,21,25,27H,2,14-15H2,1H3/b13-8+. The summed E-state index contributed by atoms with van der Waals surface area (Å²) in [5, 5.41) is 19.8. The van der Waals surface area contributed by atoms with Crippen molar-refractivity contribution in [2.45, 2.75) is 13.0 Å². The van der Waals surface area contributed by atoms with E-state index in [2.05, 4.69) is 0 Å². The summed E-state index contributed by atoms with van der Waals surface area (Å²) in [7, 11) is 0. The van der Waals surface area contributed by atoms with Crippen molar-refractivity contribution in [3.05, 3.63) is 83.1 Å². The molecule has 0 saturated carbocycles. The Kier molecular flexibility index (Phi) is 6.46. The summed E-state index contributed by atoms with van der Waals surface area (Å²) < 4.78 is 5.44. The minimum Gasteiger partial charge on any atom is -0.503 e. The molecule has 2 aromatic carbocycles. The Hall–Kier alpha value is -3.38. The first-order valence-electron chi connectivity index (χ1n) is 9.42. The molecule has 3 rings (SSSR count). The lowest BCUT2D eigenvalue weighted by atomic mass is 9.95. The fraction of sp³-hybridized carbons (Fsp3) is 0.217. The van der Waals surface area contributed by atoms with E-state index in [1.807, 2.05) is 37.3 Å². The van der Waals surface area contributed by atoms with Gasteiger partial charge in [-0.3, -0.25) is 9.59 Å². The molecule has 6 nitrogen and oxygen atoms in total. The minimum absolute atomic E-state index is 0.0000486. The number of allylic oxidation sites excluding steroid dienone is 1. The summed E-state index contributed by atoms with van der Waals surface area (Å²) in [5.41, 5.74) is 1.48. The average molecular weight is 393 g/mol. The second-order valence-electron chi connectivity index (χ2n) is 6.50. The Balaban J connectivity index is 1.96. The Labute approximate surface area is 169 Å². The molecule has 1 atom stereocenters. The van der Waals surface area contributed by atoms with Crippen molar-refractivity contribution in [3.63, 3.8) is 0 Å². The van der Waals surface area contributed by atoms with Gasteiger partial charge < -0.3 is 19.8 Å². The highest BCUT2D eigenvalue weighted by molar-refractivity contribution is 6.14. The Bertz CT molecular complexity index is 932. The van der Waals surface area contributed by atoms with Gasteiger partial charge in [0.05, 0.1) is 24.8 Å². The van der Waals surface area contributed by atoms with E-state index in [4.69, 9.17) is 4.74 Å². The molecule has 1 aliphatic rings. The maximum Gasteiger partial charge on any atom is 0.290 e. The van der Waals surface area contributed by atoms with E-state index >= 15 is 0 Å². The minimum atomic E-state index is -0.779. The molecule has 1 amide bonds. The fourth-order valence-electron chi connectivity index (χ4n) is 3.33. The smallest absolute Gasteiger partial charge is 0.290 e. The number of aliphatic hydroxyl groups excluding tert-OH is 2. The van der Waals surface area contributed by atoms with Gasteiger partial charge in [-0.05, 0) is 36.3 Å². The van der Waals surface area contributed by atoms with Gasteiger partial charge in [0, 0.05) is 6.54 Å².